The first kappa shape index (κ1) is 17.4. The Morgan fingerprint density at radius 2 is 2.04 bits per heavy atom. The van der Waals surface area contributed by atoms with Gasteiger partial charge in [0.1, 0.15) is 6.61 Å². The topological polar surface area (TPSA) is 59.9 Å². The van der Waals surface area contributed by atoms with Crippen LogP contribution in [0.2, 0.25) is 0 Å². The van der Waals surface area contributed by atoms with Crippen LogP contribution in [0.4, 0.5) is 5.69 Å². The lowest BCUT2D eigenvalue weighted by Gasteiger charge is -2.15. The zero-order valence-electron chi connectivity index (χ0n) is 14.0. The van der Waals surface area contributed by atoms with Crippen LogP contribution in [0.3, 0.4) is 0 Å². The normalized spacial score (nSPS) is 14.4. The van der Waals surface area contributed by atoms with E-state index in [1.165, 1.54) is 0 Å². The number of carbonyl (C=O) groups is 1. The van der Waals surface area contributed by atoms with Gasteiger partial charge in [0.2, 0.25) is 0 Å². The molecule has 25 heavy (non-hydrogen) atoms. The zero-order chi connectivity index (χ0) is 17.5. The van der Waals surface area contributed by atoms with E-state index in [1.54, 1.807) is 31.0 Å². The number of amides is 1. The molecule has 6 heteroatoms. The van der Waals surface area contributed by atoms with Crippen molar-refractivity contribution in [3.63, 3.8) is 0 Å². The number of rotatable bonds is 4. The van der Waals surface area contributed by atoms with Crippen molar-refractivity contribution < 1.29 is 14.3 Å². The summed E-state index contributed by atoms with van der Waals surface area (Å²) in [7, 11) is 1.56. The Morgan fingerprint density at radius 1 is 1.20 bits per heavy atom. The number of thioether (sulfide) groups is 1. The monoisotopic (exact) mass is 356 g/mol. The summed E-state index contributed by atoms with van der Waals surface area (Å²) < 4.78 is 11.3. The third kappa shape index (κ3) is 4.54. The summed E-state index contributed by atoms with van der Waals surface area (Å²) in [6, 6.07) is 13.3. The molecule has 0 unspecified atom stereocenters. The maximum Gasteiger partial charge on any atom is 0.254 e. The highest BCUT2D eigenvalue weighted by molar-refractivity contribution is 7.99. The summed E-state index contributed by atoms with van der Waals surface area (Å²) in [5.41, 5.74) is 2.14. The van der Waals surface area contributed by atoms with Gasteiger partial charge >= 0.3 is 0 Å². The van der Waals surface area contributed by atoms with Crippen LogP contribution in [0.15, 0.2) is 47.5 Å². The van der Waals surface area contributed by atoms with Gasteiger partial charge in [0, 0.05) is 12.3 Å². The number of ether oxygens (including phenoxy) is 2. The van der Waals surface area contributed by atoms with Crippen molar-refractivity contribution in [2.45, 2.75) is 13.0 Å². The van der Waals surface area contributed by atoms with E-state index in [9.17, 15) is 4.79 Å². The molecule has 0 fully saturated rings. The first-order valence-electron chi connectivity index (χ1n) is 8.05. The molecule has 1 aliphatic heterocycles. The number of hydrogen-bond donors (Lipinski definition) is 1. The number of benzene rings is 2. The lowest BCUT2D eigenvalue weighted by atomic mass is 10.1. The number of fused-ring (bicyclic) bond motifs is 1. The molecule has 1 aliphatic rings. The number of nitrogens with one attached hydrogen (secondary N) is 1. The molecule has 0 saturated heterocycles. The molecule has 2 aromatic carbocycles. The van der Waals surface area contributed by atoms with Gasteiger partial charge in [0.15, 0.2) is 11.5 Å². The lowest BCUT2D eigenvalue weighted by molar-refractivity contribution is 0.0961. The van der Waals surface area contributed by atoms with Crippen LogP contribution in [0.5, 0.6) is 11.5 Å². The fourth-order valence-electron chi connectivity index (χ4n) is 2.43. The molecule has 0 spiro atoms. The second-order valence-corrected chi connectivity index (χ2v) is 6.56. The molecule has 130 valence electrons. The SMILES string of the molecule is COc1cc2c(cc1OCc1ccccc1)N=CCCSCNC2=O. The Balaban J connectivity index is 1.90. The molecule has 5 nitrogen and oxygen atoms in total. The molecule has 0 bridgehead atoms. The van der Waals surface area contributed by atoms with Crippen molar-refractivity contribution in [2.75, 3.05) is 18.7 Å². The molecule has 1 heterocycles. The maximum absolute atomic E-state index is 12.4. The Labute approximate surface area is 151 Å². The van der Waals surface area contributed by atoms with E-state index in [1.807, 2.05) is 36.5 Å². The van der Waals surface area contributed by atoms with E-state index in [0.29, 0.717) is 35.2 Å². The summed E-state index contributed by atoms with van der Waals surface area (Å²) in [6.45, 7) is 0.419. The van der Waals surface area contributed by atoms with E-state index in [-0.39, 0.29) is 5.91 Å². The van der Waals surface area contributed by atoms with Gasteiger partial charge in [-0.2, -0.15) is 0 Å². The minimum Gasteiger partial charge on any atom is -0.493 e. The van der Waals surface area contributed by atoms with Gasteiger partial charge in [-0.25, -0.2) is 0 Å². The summed E-state index contributed by atoms with van der Waals surface area (Å²) >= 11 is 1.67. The van der Waals surface area contributed by atoms with Gasteiger partial charge in [0.25, 0.3) is 5.91 Å². The highest BCUT2D eigenvalue weighted by Gasteiger charge is 2.17. The van der Waals surface area contributed by atoms with Gasteiger partial charge in [-0.15, -0.1) is 11.8 Å². The van der Waals surface area contributed by atoms with Crippen molar-refractivity contribution in [3.05, 3.63) is 53.6 Å². The van der Waals surface area contributed by atoms with Crippen LogP contribution in [-0.4, -0.2) is 30.9 Å². The van der Waals surface area contributed by atoms with Crippen molar-refractivity contribution >= 4 is 29.6 Å². The minimum absolute atomic E-state index is 0.158. The predicted octanol–water partition coefficient (Wildman–Crippen LogP) is 3.80. The van der Waals surface area contributed by atoms with E-state index < -0.39 is 0 Å². The van der Waals surface area contributed by atoms with Crippen molar-refractivity contribution in [2.24, 2.45) is 4.99 Å². The molecule has 1 amide bonds. The number of carbonyl (C=O) groups excluding carboxylic acids is 1. The van der Waals surface area contributed by atoms with Crippen molar-refractivity contribution in [3.8, 4) is 11.5 Å². The standard InChI is InChI=1S/C19H20N2O3S/c1-23-17-10-15-16(20-8-5-9-25-13-21-19(15)22)11-18(17)24-12-14-6-3-2-4-7-14/h2-4,6-8,10-11H,5,9,12-13H2,1H3,(H,21,22). The molecule has 2 aromatic rings. The third-order valence-corrected chi connectivity index (χ3v) is 4.59. The summed E-state index contributed by atoms with van der Waals surface area (Å²) in [5.74, 6) is 2.44. The Kier molecular flexibility index (Phi) is 5.95. The minimum atomic E-state index is -0.158. The first-order chi connectivity index (χ1) is 12.3. The molecular weight excluding hydrogens is 336 g/mol. The number of methoxy groups -OCH3 is 1. The van der Waals surface area contributed by atoms with E-state index >= 15 is 0 Å². The van der Waals surface area contributed by atoms with Crippen LogP contribution in [0.25, 0.3) is 0 Å². The van der Waals surface area contributed by atoms with Crippen LogP contribution in [-0.2, 0) is 6.61 Å². The maximum atomic E-state index is 12.4. The highest BCUT2D eigenvalue weighted by atomic mass is 32.2. The molecule has 0 aromatic heterocycles. The molecule has 1 N–H and O–H groups in total. The van der Waals surface area contributed by atoms with Crippen LogP contribution < -0.4 is 14.8 Å². The fourth-order valence-corrected chi connectivity index (χ4v) is 3.08. The summed E-state index contributed by atoms with van der Waals surface area (Å²) in [6.07, 6.45) is 2.70. The Bertz CT molecular complexity index is 763. The first-order valence-corrected chi connectivity index (χ1v) is 9.20. The summed E-state index contributed by atoms with van der Waals surface area (Å²) in [5, 5.41) is 2.89. The molecule has 0 aliphatic carbocycles. The molecule has 3 rings (SSSR count). The quantitative estimate of drug-likeness (QED) is 0.905. The molecule has 0 radical (unpaired) electrons. The fraction of sp³-hybridized carbons (Fsp3) is 0.263. The van der Waals surface area contributed by atoms with Gasteiger partial charge in [-0.3, -0.25) is 9.79 Å². The lowest BCUT2D eigenvalue weighted by Crippen LogP contribution is -2.23. The van der Waals surface area contributed by atoms with Gasteiger partial charge in [0.05, 0.1) is 24.2 Å². The van der Waals surface area contributed by atoms with E-state index in [0.717, 1.165) is 17.7 Å². The highest BCUT2D eigenvalue weighted by Crippen LogP contribution is 2.35. The van der Waals surface area contributed by atoms with Gasteiger partial charge in [-0.1, -0.05) is 30.3 Å². The second-order valence-electron chi connectivity index (χ2n) is 5.45. The Hall–Kier alpha value is -2.47. The average molecular weight is 356 g/mol. The Morgan fingerprint density at radius 3 is 2.84 bits per heavy atom. The number of aliphatic imine (C=N–C) groups is 1. The van der Waals surface area contributed by atoms with Crippen LogP contribution in [0.1, 0.15) is 22.3 Å². The van der Waals surface area contributed by atoms with E-state index in [4.69, 9.17) is 9.47 Å². The largest absolute Gasteiger partial charge is 0.493 e. The zero-order valence-corrected chi connectivity index (χ0v) is 14.8. The van der Waals surface area contributed by atoms with Crippen molar-refractivity contribution in [1.29, 1.82) is 0 Å². The average Bonchev–Trinajstić information content (AvgIpc) is 2.66. The molecular formula is C19H20N2O3S. The van der Waals surface area contributed by atoms with Gasteiger partial charge in [-0.05, 0) is 23.8 Å². The smallest absolute Gasteiger partial charge is 0.254 e. The molecule has 0 atom stereocenters. The van der Waals surface area contributed by atoms with Gasteiger partial charge < -0.3 is 14.8 Å². The van der Waals surface area contributed by atoms with Crippen LogP contribution in [0, 0.1) is 0 Å². The summed E-state index contributed by atoms with van der Waals surface area (Å²) in [4.78, 5) is 16.8. The van der Waals surface area contributed by atoms with Crippen molar-refractivity contribution in [1.82, 2.24) is 5.32 Å². The second kappa shape index (κ2) is 8.58. The predicted molar refractivity (Wildman–Crippen MR) is 101 cm³/mol. The van der Waals surface area contributed by atoms with E-state index in [2.05, 4.69) is 10.3 Å². The third-order valence-electron chi connectivity index (χ3n) is 3.72. The number of hydrogen-bond acceptors (Lipinski definition) is 5. The number of nitrogens with zero attached hydrogens (tertiary/aromatic N) is 1. The van der Waals surface area contributed by atoms with Crippen LogP contribution >= 0.6 is 11.8 Å². The molecule has 0 saturated carbocycles.